The number of rotatable bonds is 8. The van der Waals surface area contributed by atoms with E-state index in [0.717, 1.165) is 29.3 Å². The first-order valence-corrected chi connectivity index (χ1v) is 8.21. The van der Waals surface area contributed by atoms with Crippen molar-refractivity contribution in [2.24, 2.45) is 0 Å². The number of aliphatic hydroxyl groups is 1. The number of halogens is 1. The number of hydrogen-bond acceptors (Lipinski definition) is 4. The molecule has 0 bridgehead atoms. The fourth-order valence-electron chi connectivity index (χ4n) is 1.89. The lowest BCUT2D eigenvalue weighted by Crippen LogP contribution is -2.32. The Morgan fingerprint density at radius 2 is 2.24 bits per heavy atom. The minimum absolute atomic E-state index is 0.271. The van der Waals surface area contributed by atoms with Crippen molar-refractivity contribution < 1.29 is 9.84 Å². The molecule has 0 aliphatic carbocycles. The SMILES string of the molecule is Cc1cc(OCC(O)CNCCc2cccs2)ccc1Cl. The van der Waals surface area contributed by atoms with Gasteiger partial charge in [-0.1, -0.05) is 17.7 Å². The molecule has 0 amide bonds. The van der Waals surface area contributed by atoms with Crippen molar-refractivity contribution in [1.29, 1.82) is 0 Å². The van der Waals surface area contributed by atoms with E-state index in [-0.39, 0.29) is 6.61 Å². The highest BCUT2D eigenvalue weighted by Crippen LogP contribution is 2.21. The van der Waals surface area contributed by atoms with Crippen LogP contribution in [0.25, 0.3) is 0 Å². The van der Waals surface area contributed by atoms with Gasteiger partial charge >= 0.3 is 0 Å². The molecule has 5 heteroatoms. The summed E-state index contributed by atoms with van der Waals surface area (Å²) in [6.45, 7) is 3.58. The lowest BCUT2D eigenvalue weighted by Gasteiger charge is -2.13. The Bertz CT molecular complexity index is 545. The second-order valence-electron chi connectivity index (χ2n) is 4.91. The van der Waals surface area contributed by atoms with E-state index in [2.05, 4.69) is 22.8 Å². The molecule has 0 aliphatic heterocycles. The Hall–Kier alpha value is -1.07. The number of ether oxygens (including phenoxy) is 1. The molecule has 2 N–H and O–H groups in total. The topological polar surface area (TPSA) is 41.5 Å². The number of benzene rings is 1. The van der Waals surface area contributed by atoms with Gasteiger partial charge in [0, 0.05) is 23.0 Å². The molecule has 0 aliphatic rings. The summed E-state index contributed by atoms with van der Waals surface area (Å²) in [4.78, 5) is 1.35. The summed E-state index contributed by atoms with van der Waals surface area (Å²) >= 11 is 7.71. The van der Waals surface area contributed by atoms with E-state index in [9.17, 15) is 5.11 Å². The summed E-state index contributed by atoms with van der Waals surface area (Å²) in [5.74, 6) is 0.731. The van der Waals surface area contributed by atoms with E-state index in [0.29, 0.717) is 6.54 Å². The van der Waals surface area contributed by atoms with Crippen LogP contribution in [0.2, 0.25) is 5.02 Å². The summed E-state index contributed by atoms with van der Waals surface area (Å²) < 4.78 is 5.56. The minimum Gasteiger partial charge on any atom is -0.491 e. The Balaban J connectivity index is 1.62. The maximum Gasteiger partial charge on any atom is 0.119 e. The van der Waals surface area contributed by atoms with Crippen LogP contribution in [0.5, 0.6) is 5.75 Å². The predicted octanol–water partition coefficient (Wildman–Crippen LogP) is 3.28. The molecule has 1 heterocycles. The van der Waals surface area contributed by atoms with E-state index >= 15 is 0 Å². The van der Waals surface area contributed by atoms with Crippen LogP contribution in [0.3, 0.4) is 0 Å². The average molecular weight is 326 g/mol. The molecule has 114 valence electrons. The second-order valence-corrected chi connectivity index (χ2v) is 6.35. The highest BCUT2D eigenvalue weighted by Gasteiger charge is 2.06. The van der Waals surface area contributed by atoms with E-state index in [1.807, 2.05) is 19.1 Å². The van der Waals surface area contributed by atoms with Crippen molar-refractivity contribution in [2.45, 2.75) is 19.4 Å². The fourth-order valence-corrected chi connectivity index (χ4v) is 2.72. The number of aryl methyl sites for hydroxylation is 1. The smallest absolute Gasteiger partial charge is 0.119 e. The predicted molar refractivity (Wildman–Crippen MR) is 88.6 cm³/mol. The van der Waals surface area contributed by atoms with E-state index < -0.39 is 6.10 Å². The van der Waals surface area contributed by atoms with Gasteiger partial charge in [0.25, 0.3) is 0 Å². The Morgan fingerprint density at radius 1 is 1.38 bits per heavy atom. The van der Waals surface area contributed by atoms with Gasteiger partial charge < -0.3 is 15.2 Å². The molecule has 0 saturated heterocycles. The quantitative estimate of drug-likeness (QED) is 0.732. The first-order chi connectivity index (χ1) is 10.1. The zero-order valence-corrected chi connectivity index (χ0v) is 13.6. The van der Waals surface area contributed by atoms with Crippen molar-refractivity contribution in [3.63, 3.8) is 0 Å². The molecular weight excluding hydrogens is 306 g/mol. The average Bonchev–Trinajstić information content (AvgIpc) is 2.98. The lowest BCUT2D eigenvalue weighted by atomic mass is 10.2. The molecule has 1 aromatic carbocycles. The maximum absolute atomic E-state index is 9.88. The molecule has 3 nitrogen and oxygen atoms in total. The number of nitrogens with one attached hydrogen (secondary N) is 1. The van der Waals surface area contributed by atoms with Crippen LogP contribution >= 0.6 is 22.9 Å². The van der Waals surface area contributed by atoms with Crippen LogP contribution in [0.1, 0.15) is 10.4 Å². The van der Waals surface area contributed by atoms with Crippen LogP contribution in [0.4, 0.5) is 0 Å². The molecule has 1 unspecified atom stereocenters. The summed E-state index contributed by atoms with van der Waals surface area (Å²) in [5.41, 5.74) is 0.970. The summed E-state index contributed by atoms with van der Waals surface area (Å²) in [5, 5.41) is 15.9. The molecule has 0 saturated carbocycles. The van der Waals surface area contributed by atoms with Gasteiger partial charge in [0.2, 0.25) is 0 Å². The monoisotopic (exact) mass is 325 g/mol. The van der Waals surface area contributed by atoms with Gasteiger partial charge in [-0.05, 0) is 48.6 Å². The van der Waals surface area contributed by atoms with E-state index in [4.69, 9.17) is 16.3 Å². The summed E-state index contributed by atoms with van der Waals surface area (Å²) in [7, 11) is 0. The molecule has 0 spiro atoms. The fraction of sp³-hybridized carbons (Fsp3) is 0.375. The van der Waals surface area contributed by atoms with Crippen LogP contribution in [0, 0.1) is 6.92 Å². The zero-order chi connectivity index (χ0) is 15.1. The molecule has 2 rings (SSSR count). The molecular formula is C16H20ClNO2S. The largest absolute Gasteiger partial charge is 0.491 e. The van der Waals surface area contributed by atoms with Crippen LogP contribution in [0.15, 0.2) is 35.7 Å². The Morgan fingerprint density at radius 3 is 2.95 bits per heavy atom. The molecule has 0 radical (unpaired) electrons. The first kappa shape index (κ1) is 16.3. The van der Waals surface area contributed by atoms with Gasteiger partial charge in [0.05, 0.1) is 0 Å². The summed E-state index contributed by atoms with van der Waals surface area (Å²) in [6, 6.07) is 9.66. The highest BCUT2D eigenvalue weighted by molar-refractivity contribution is 7.09. The van der Waals surface area contributed by atoms with Crippen molar-refractivity contribution in [1.82, 2.24) is 5.32 Å². The van der Waals surface area contributed by atoms with Gasteiger partial charge in [-0.15, -0.1) is 11.3 Å². The third-order valence-corrected chi connectivity index (χ3v) is 4.44. The van der Waals surface area contributed by atoms with Crippen LogP contribution < -0.4 is 10.1 Å². The molecule has 1 atom stereocenters. The molecule has 2 aromatic rings. The normalized spacial score (nSPS) is 12.3. The number of thiophene rings is 1. The van der Waals surface area contributed by atoms with Crippen molar-refractivity contribution in [2.75, 3.05) is 19.7 Å². The zero-order valence-electron chi connectivity index (χ0n) is 12.0. The number of hydrogen-bond donors (Lipinski definition) is 2. The molecule has 21 heavy (non-hydrogen) atoms. The minimum atomic E-state index is -0.524. The molecule has 1 aromatic heterocycles. The second kappa shape index (κ2) is 8.39. The van der Waals surface area contributed by atoms with Crippen molar-refractivity contribution in [3.8, 4) is 5.75 Å². The molecule has 0 fully saturated rings. The van der Waals surface area contributed by atoms with Crippen LogP contribution in [-0.2, 0) is 6.42 Å². The van der Waals surface area contributed by atoms with Crippen molar-refractivity contribution >= 4 is 22.9 Å². The Kier molecular flexibility index (Phi) is 6.51. The highest BCUT2D eigenvalue weighted by atomic mass is 35.5. The number of aliphatic hydroxyl groups excluding tert-OH is 1. The first-order valence-electron chi connectivity index (χ1n) is 6.95. The summed E-state index contributed by atoms with van der Waals surface area (Å²) in [6.07, 6.45) is 0.464. The van der Waals surface area contributed by atoms with Crippen molar-refractivity contribution in [3.05, 3.63) is 51.2 Å². The van der Waals surface area contributed by atoms with Gasteiger partial charge in [0.1, 0.15) is 18.5 Å². The van der Waals surface area contributed by atoms with Crippen LogP contribution in [-0.4, -0.2) is 30.9 Å². The van der Waals surface area contributed by atoms with Gasteiger partial charge in [-0.25, -0.2) is 0 Å². The van der Waals surface area contributed by atoms with Gasteiger partial charge in [-0.2, -0.15) is 0 Å². The third-order valence-electron chi connectivity index (χ3n) is 3.08. The van der Waals surface area contributed by atoms with E-state index in [1.54, 1.807) is 17.4 Å². The standard InChI is InChI=1S/C16H20ClNO2S/c1-12-9-14(4-5-16(12)17)20-11-13(19)10-18-7-6-15-3-2-8-21-15/h2-5,8-9,13,18-19H,6-7,10-11H2,1H3. The van der Waals surface area contributed by atoms with Gasteiger partial charge in [0.15, 0.2) is 0 Å². The van der Waals surface area contributed by atoms with E-state index in [1.165, 1.54) is 4.88 Å². The Labute approximate surface area is 134 Å². The third kappa shape index (κ3) is 5.67. The van der Waals surface area contributed by atoms with Gasteiger partial charge in [-0.3, -0.25) is 0 Å². The lowest BCUT2D eigenvalue weighted by molar-refractivity contribution is 0.106. The maximum atomic E-state index is 9.88.